The molecule has 2 fully saturated rings. The summed E-state index contributed by atoms with van der Waals surface area (Å²) in [6, 6.07) is 14.8. The Bertz CT molecular complexity index is 962. The van der Waals surface area contributed by atoms with Gasteiger partial charge in [-0.05, 0) is 61.2 Å². The molecule has 0 spiro atoms. The van der Waals surface area contributed by atoms with Crippen molar-refractivity contribution in [1.82, 2.24) is 9.80 Å². The predicted octanol–water partition coefficient (Wildman–Crippen LogP) is 3.55. The molecule has 0 atom stereocenters. The van der Waals surface area contributed by atoms with E-state index in [0.29, 0.717) is 50.0 Å². The molecule has 6 heteroatoms. The van der Waals surface area contributed by atoms with Crippen LogP contribution in [0, 0.1) is 5.92 Å². The van der Waals surface area contributed by atoms with Gasteiger partial charge < -0.3 is 14.5 Å². The minimum absolute atomic E-state index is 0.00931. The van der Waals surface area contributed by atoms with E-state index in [1.165, 1.54) is 0 Å². The number of hydrogen-bond donors (Lipinski definition) is 0. The highest BCUT2D eigenvalue weighted by atomic mass is 16.5. The monoisotopic (exact) mass is 420 g/mol. The van der Waals surface area contributed by atoms with Crippen molar-refractivity contribution >= 4 is 17.6 Å². The lowest BCUT2D eigenvalue weighted by Crippen LogP contribution is -2.40. The zero-order chi connectivity index (χ0) is 21.8. The first-order chi connectivity index (χ1) is 15.0. The van der Waals surface area contributed by atoms with Gasteiger partial charge in [-0.3, -0.25) is 14.4 Å². The number of carbonyl (C=O) groups excluding carboxylic acids is 3. The summed E-state index contributed by atoms with van der Waals surface area (Å²) in [7, 11) is 1.60. The van der Waals surface area contributed by atoms with Gasteiger partial charge in [0.2, 0.25) is 5.91 Å². The average molecular weight is 421 g/mol. The van der Waals surface area contributed by atoms with Gasteiger partial charge >= 0.3 is 0 Å². The van der Waals surface area contributed by atoms with Crippen molar-refractivity contribution in [1.29, 1.82) is 0 Å². The van der Waals surface area contributed by atoms with E-state index in [1.54, 1.807) is 31.4 Å². The molecule has 2 aromatic carbocycles. The molecule has 2 saturated heterocycles. The Kier molecular flexibility index (Phi) is 6.35. The molecule has 162 valence electrons. The fourth-order valence-electron chi connectivity index (χ4n) is 4.41. The molecule has 4 rings (SSSR count). The number of nitrogens with zero attached hydrogens (tertiary/aromatic N) is 2. The van der Waals surface area contributed by atoms with Crippen molar-refractivity contribution in [2.75, 3.05) is 26.7 Å². The normalized spacial score (nSPS) is 17.1. The minimum atomic E-state index is -0.0649. The number of Topliss-reactive ketones (excluding diaryl/α,β-unsaturated/α-hetero) is 1. The Labute approximate surface area is 182 Å². The van der Waals surface area contributed by atoms with Crippen LogP contribution in [0.25, 0.3) is 0 Å². The van der Waals surface area contributed by atoms with Crippen molar-refractivity contribution in [3.05, 3.63) is 65.2 Å². The maximum Gasteiger partial charge on any atom is 0.253 e. The molecule has 2 aromatic rings. The SMILES string of the molecule is COc1ccc(C(=O)C2CCN(C(=O)c3cccc(CN4CCCC4=O)c3)CC2)cc1. The summed E-state index contributed by atoms with van der Waals surface area (Å²) < 4.78 is 5.15. The maximum atomic E-state index is 13.0. The van der Waals surface area contributed by atoms with Gasteiger partial charge in [-0.1, -0.05) is 12.1 Å². The van der Waals surface area contributed by atoms with E-state index >= 15 is 0 Å². The molecular weight excluding hydrogens is 392 g/mol. The Balaban J connectivity index is 1.35. The third-order valence-corrected chi connectivity index (χ3v) is 6.25. The lowest BCUT2D eigenvalue weighted by molar-refractivity contribution is -0.128. The molecule has 0 N–H and O–H groups in total. The highest BCUT2D eigenvalue weighted by molar-refractivity contribution is 5.98. The number of piperidine rings is 1. The number of ether oxygens (including phenoxy) is 1. The van der Waals surface area contributed by atoms with Crippen LogP contribution in [-0.2, 0) is 11.3 Å². The van der Waals surface area contributed by atoms with Crippen LogP contribution in [0.15, 0.2) is 48.5 Å². The van der Waals surface area contributed by atoms with Crippen LogP contribution < -0.4 is 4.74 Å². The summed E-state index contributed by atoms with van der Waals surface area (Å²) >= 11 is 0. The van der Waals surface area contributed by atoms with Crippen LogP contribution in [-0.4, -0.2) is 54.1 Å². The molecule has 31 heavy (non-hydrogen) atoms. The highest BCUT2D eigenvalue weighted by Crippen LogP contribution is 2.24. The summed E-state index contributed by atoms with van der Waals surface area (Å²) in [4.78, 5) is 41.4. The number of ketones is 1. The number of rotatable bonds is 6. The Morgan fingerprint density at radius 1 is 1.00 bits per heavy atom. The number of amides is 2. The fraction of sp³-hybridized carbons (Fsp3) is 0.400. The van der Waals surface area contributed by atoms with Crippen molar-refractivity contribution in [2.24, 2.45) is 5.92 Å². The van der Waals surface area contributed by atoms with E-state index in [9.17, 15) is 14.4 Å². The highest BCUT2D eigenvalue weighted by Gasteiger charge is 2.28. The van der Waals surface area contributed by atoms with Gasteiger partial charge in [0.25, 0.3) is 5.91 Å². The smallest absolute Gasteiger partial charge is 0.253 e. The summed E-state index contributed by atoms with van der Waals surface area (Å²) in [5, 5.41) is 0. The Morgan fingerprint density at radius 2 is 1.74 bits per heavy atom. The van der Waals surface area contributed by atoms with Crippen LogP contribution in [0.2, 0.25) is 0 Å². The predicted molar refractivity (Wildman–Crippen MR) is 117 cm³/mol. The summed E-state index contributed by atoms with van der Waals surface area (Å²) in [6.07, 6.45) is 2.85. The molecule has 6 nitrogen and oxygen atoms in total. The number of carbonyl (C=O) groups is 3. The molecule has 2 amide bonds. The topological polar surface area (TPSA) is 66.9 Å². The third-order valence-electron chi connectivity index (χ3n) is 6.25. The van der Waals surface area contributed by atoms with Crippen molar-refractivity contribution in [2.45, 2.75) is 32.2 Å². The van der Waals surface area contributed by atoms with Crippen LogP contribution in [0.5, 0.6) is 5.75 Å². The molecule has 0 bridgehead atoms. The number of hydrogen-bond acceptors (Lipinski definition) is 4. The van der Waals surface area contributed by atoms with E-state index < -0.39 is 0 Å². The molecule has 0 aromatic heterocycles. The second-order valence-electron chi connectivity index (χ2n) is 8.28. The van der Waals surface area contributed by atoms with Crippen LogP contribution in [0.4, 0.5) is 0 Å². The Morgan fingerprint density at radius 3 is 2.39 bits per heavy atom. The first-order valence-electron chi connectivity index (χ1n) is 10.9. The molecule has 2 aliphatic rings. The van der Waals surface area contributed by atoms with Crippen LogP contribution in [0.1, 0.15) is 52.0 Å². The van der Waals surface area contributed by atoms with E-state index in [4.69, 9.17) is 4.74 Å². The second kappa shape index (κ2) is 9.33. The largest absolute Gasteiger partial charge is 0.497 e. The van der Waals surface area contributed by atoms with Gasteiger partial charge in [0, 0.05) is 49.6 Å². The van der Waals surface area contributed by atoms with Gasteiger partial charge in [0.05, 0.1) is 7.11 Å². The summed E-state index contributed by atoms with van der Waals surface area (Å²) in [5.74, 6) is 0.968. The zero-order valence-corrected chi connectivity index (χ0v) is 17.9. The lowest BCUT2D eigenvalue weighted by Gasteiger charge is -2.31. The number of likely N-dealkylation sites (tertiary alicyclic amines) is 2. The van der Waals surface area contributed by atoms with Crippen molar-refractivity contribution in [3.8, 4) is 5.75 Å². The third kappa shape index (κ3) is 4.79. The number of benzene rings is 2. The lowest BCUT2D eigenvalue weighted by atomic mass is 9.88. The molecular formula is C25H28N2O4. The summed E-state index contributed by atoms with van der Waals surface area (Å²) in [5.41, 5.74) is 2.31. The second-order valence-corrected chi connectivity index (χ2v) is 8.28. The van der Waals surface area contributed by atoms with Crippen LogP contribution in [0.3, 0.4) is 0 Å². The first-order valence-corrected chi connectivity index (χ1v) is 10.9. The molecule has 0 unspecified atom stereocenters. The van der Waals surface area contributed by atoms with Gasteiger partial charge in [-0.2, -0.15) is 0 Å². The van der Waals surface area contributed by atoms with Gasteiger partial charge in [-0.25, -0.2) is 0 Å². The van der Waals surface area contributed by atoms with Crippen molar-refractivity contribution in [3.63, 3.8) is 0 Å². The van der Waals surface area contributed by atoms with Gasteiger partial charge in [0.15, 0.2) is 5.78 Å². The zero-order valence-electron chi connectivity index (χ0n) is 17.9. The fourth-order valence-corrected chi connectivity index (χ4v) is 4.41. The average Bonchev–Trinajstić information content (AvgIpc) is 3.22. The quantitative estimate of drug-likeness (QED) is 0.671. The van der Waals surface area contributed by atoms with E-state index in [1.807, 2.05) is 34.1 Å². The maximum absolute atomic E-state index is 13.0. The van der Waals surface area contributed by atoms with E-state index in [0.717, 1.165) is 24.3 Å². The standard InChI is InChI=1S/C25H28N2O4/c1-31-22-9-7-19(8-10-22)24(29)20-11-14-26(15-12-20)25(30)21-5-2-4-18(16-21)17-27-13-3-6-23(27)28/h2,4-5,7-10,16,20H,3,6,11-15,17H2,1H3. The molecule has 2 heterocycles. The summed E-state index contributed by atoms with van der Waals surface area (Å²) in [6.45, 7) is 2.48. The number of methoxy groups -OCH3 is 1. The van der Waals surface area contributed by atoms with Crippen LogP contribution >= 0.6 is 0 Å². The molecule has 0 saturated carbocycles. The first kappa shape index (κ1) is 21.1. The molecule has 0 radical (unpaired) electrons. The molecule has 2 aliphatic heterocycles. The minimum Gasteiger partial charge on any atom is -0.497 e. The van der Waals surface area contributed by atoms with E-state index in [-0.39, 0.29) is 23.5 Å². The van der Waals surface area contributed by atoms with Gasteiger partial charge in [0.1, 0.15) is 5.75 Å². The Hall–Kier alpha value is -3.15. The van der Waals surface area contributed by atoms with E-state index in [2.05, 4.69) is 0 Å². The van der Waals surface area contributed by atoms with Crippen molar-refractivity contribution < 1.29 is 19.1 Å². The molecule has 0 aliphatic carbocycles. The van der Waals surface area contributed by atoms with Gasteiger partial charge in [-0.15, -0.1) is 0 Å².